The lowest BCUT2D eigenvalue weighted by molar-refractivity contribution is -0.121. The van der Waals surface area contributed by atoms with Gasteiger partial charge in [-0.15, -0.1) is 21.5 Å². The fourth-order valence-electron chi connectivity index (χ4n) is 3.01. The molecule has 0 fully saturated rings. The number of benzene rings is 2. The molecule has 2 N–H and O–H groups in total. The van der Waals surface area contributed by atoms with Crippen LogP contribution in [-0.2, 0) is 11.3 Å². The molecule has 0 spiro atoms. The zero-order chi connectivity index (χ0) is 23.9. The predicted octanol–water partition coefficient (Wildman–Crippen LogP) is 3.53. The zero-order valence-electron chi connectivity index (χ0n) is 17.8. The van der Waals surface area contributed by atoms with Gasteiger partial charge in [0.25, 0.3) is 5.91 Å². The molecule has 34 heavy (non-hydrogen) atoms. The van der Waals surface area contributed by atoms with Crippen LogP contribution in [0.25, 0.3) is 11.4 Å². The number of ketones is 1. The average Bonchev–Trinajstić information content (AvgIpc) is 3.51. The van der Waals surface area contributed by atoms with E-state index in [1.54, 1.807) is 36.4 Å². The first-order chi connectivity index (χ1) is 16.5. The maximum atomic E-state index is 12.3. The van der Waals surface area contributed by atoms with E-state index in [-0.39, 0.29) is 18.6 Å². The highest BCUT2D eigenvalue weighted by Gasteiger charge is 2.13. The molecule has 4 aromatic rings. The van der Waals surface area contributed by atoms with Crippen molar-refractivity contribution in [1.82, 2.24) is 31.1 Å². The lowest BCUT2D eigenvalue weighted by Crippen LogP contribution is -2.41. The highest BCUT2D eigenvalue weighted by molar-refractivity contribution is 7.18. The van der Waals surface area contributed by atoms with Crippen molar-refractivity contribution in [2.45, 2.75) is 19.4 Å². The van der Waals surface area contributed by atoms with E-state index in [1.807, 2.05) is 30.3 Å². The molecular formula is C23H19ClN6O3S. The molecule has 0 bridgehead atoms. The number of nitrogens with zero attached hydrogens (tertiary/aromatic N) is 4. The van der Waals surface area contributed by atoms with Gasteiger partial charge in [0.2, 0.25) is 11.7 Å². The van der Waals surface area contributed by atoms with Crippen molar-refractivity contribution < 1.29 is 14.4 Å². The molecule has 2 amide bonds. The molecule has 9 nitrogen and oxygen atoms in total. The van der Waals surface area contributed by atoms with Crippen LogP contribution < -0.4 is 10.9 Å². The Morgan fingerprint density at radius 1 is 0.912 bits per heavy atom. The van der Waals surface area contributed by atoms with E-state index in [0.717, 1.165) is 11.1 Å². The number of rotatable bonds is 8. The van der Waals surface area contributed by atoms with Gasteiger partial charge in [-0.25, -0.2) is 0 Å². The number of Topliss-reactive ketones (excluding diaryl/α,β-unsaturated/α-hetero) is 1. The number of halogens is 1. The van der Waals surface area contributed by atoms with Gasteiger partial charge in [0, 0.05) is 24.0 Å². The predicted molar refractivity (Wildman–Crippen MR) is 127 cm³/mol. The van der Waals surface area contributed by atoms with Gasteiger partial charge < -0.3 is 0 Å². The van der Waals surface area contributed by atoms with Crippen LogP contribution in [0.2, 0.25) is 4.34 Å². The standard InChI is InChI=1S/C23H19ClN6O3S/c24-20-12-11-19(34-20)18(31)10-13-21(32)25-27-23(33)17-8-6-15(7-9-17)14-30-28-22(26-29-30)16-4-2-1-3-5-16/h1-9,11-12H,10,13-14H2,(H,25,32)(H,27,33). The summed E-state index contributed by atoms with van der Waals surface area (Å²) in [4.78, 5) is 38.3. The van der Waals surface area contributed by atoms with Crippen molar-refractivity contribution in [3.63, 3.8) is 0 Å². The molecule has 0 aliphatic carbocycles. The molecule has 0 saturated carbocycles. The molecular weight excluding hydrogens is 476 g/mol. The lowest BCUT2D eigenvalue weighted by atomic mass is 10.1. The van der Waals surface area contributed by atoms with Crippen LogP contribution in [0.1, 0.15) is 38.4 Å². The Balaban J connectivity index is 1.24. The fourth-order valence-corrected chi connectivity index (χ4v) is 4.02. The quantitative estimate of drug-likeness (QED) is 0.286. The van der Waals surface area contributed by atoms with E-state index in [2.05, 4.69) is 26.3 Å². The fraction of sp³-hybridized carbons (Fsp3) is 0.130. The third kappa shape index (κ3) is 6.12. The number of nitrogens with one attached hydrogen (secondary N) is 2. The Labute approximate surface area is 203 Å². The number of carbonyl (C=O) groups excluding carboxylic acids is 3. The second-order valence-corrected chi connectivity index (χ2v) is 8.95. The molecule has 4 rings (SSSR count). The van der Waals surface area contributed by atoms with Crippen LogP contribution in [0, 0.1) is 0 Å². The van der Waals surface area contributed by atoms with E-state index >= 15 is 0 Å². The molecule has 11 heteroatoms. The van der Waals surface area contributed by atoms with Crippen molar-refractivity contribution in [2.24, 2.45) is 0 Å². The number of aromatic nitrogens is 4. The van der Waals surface area contributed by atoms with Gasteiger partial charge in [0.15, 0.2) is 5.78 Å². The van der Waals surface area contributed by atoms with Crippen molar-refractivity contribution in [1.29, 1.82) is 0 Å². The van der Waals surface area contributed by atoms with E-state index in [9.17, 15) is 14.4 Å². The molecule has 0 aliphatic rings. The highest BCUT2D eigenvalue weighted by atomic mass is 35.5. The molecule has 172 valence electrons. The Bertz CT molecular complexity index is 1300. The molecule has 0 radical (unpaired) electrons. The van der Waals surface area contributed by atoms with Crippen LogP contribution in [0.15, 0.2) is 66.7 Å². The first-order valence-electron chi connectivity index (χ1n) is 10.3. The zero-order valence-corrected chi connectivity index (χ0v) is 19.3. The Morgan fingerprint density at radius 2 is 1.68 bits per heavy atom. The molecule has 2 heterocycles. The molecule has 0 saturated heterocycles. The van der Waals surface area contributed by atoms with E-state index < -0.39 is 11.8 Å². The Kier molecular flexibility index (Phi) is 7.41. The van der Waals surface area contributed by atoms with Crippen molar-refractivity contribution in [3.05, 3.63) is 87.1 Å². The minimum atomic E-state index is -0.471. The monoisotopic (exact) mass is 494 g/mol. The number of thiophene rings is 1. The SMILES string of the molecule is O=C(CCC(=O)c1ccc(Cl)s1)NNC(=O)c1ccc(Cn2nnc(-c3ccccc3)n2)cc1. The number of hydrogen-bond acceptors (Lipinski definition) is 7. The summed E-state index contributed by atoms with van der Waals surface area (Å²) in [6.07, 6.45) is -0.0288. The Morgan fingerprint density at radius 3 is 2.38 bits per heavy atom. The first-order valence-corrected chi connectivity index (χ1v) is 11.5. The van der Waals surface area contributed by atoms with Crippen LogP contribution in [0.4, 0.5) is 0 Å². The van der Waals surface area contributed by atoms with Crippen LogP contribution >= 0.6 is 22.9 Å². The van der Waals surface area contributed by atoms with Gasteiger partial charge in [0.1, 0.15) is 0 Å². The first kappa shape index (κ1) is 23.3. The van der Waals surface area contributed by atoms with E-state index in [1.165, 1.54) is 16.1 Å². The maximum Gasteiger partial charge on any atom is 0.269 e. The average molecular weight is 495 g/mol. The Hall–Kier alpha value is -3.89. The summed E-state index contributed by atoms with van der Waals surface area (Å²) in [5, 5.41) is 12.5. The second kappa shape index (κ2) is 10.8. The van der Waals surface area contributed by atoms with Crippen molar-refractivity contribution >= 4 is 40.5 Å². The molecule has 2 aromatic heterocycles. The third-order valence-electron chi connectivity index (χ3n) is 4.77. The molecule has 2 aromatic carbocycles. The highest BCUT2D eigenvalue weighted by Crippen LogP contribution is 2.22. The van der Waals surface area contributed by atoms with E-state index in [0.29, 0.717) is 27.1 Å². The van der Waals surface area contributed by atoms with Crippen LogP contribution in [-0.4, -0.2) is 37.8 Å². The topological polar surface area (TPSA) is 119 Å². The summed E-state index contributed by atoms with van der Waals surface area (Å²) in [6, 6.07) is 19.6. The number of hydrazine groups is 1. The number of carbonyl (C=O) groups is 3. The molecule has 0 atom stereocenters. The summed E-state index contributed by atoms with van der Waals surface area (Å²) in [5.74, 6) is -0.575. The third-order valence-corrected chi connectivity index (χ3v) is 6.04. The minimum Gasteiger partial charge on any atom is -0.293 e. The summed E-state index contributed by atoms with van der Waals surface area (Å²) in [6.45, 7) is 0.391. The van der Waals surface area contributed by atoms with Crippen molar-refractivity contribution in [2.75, 3.05) is 0 Å². The summed E-state index contributed by atoms with van der Waals surface area (Å²) < 4.78 is 0.514. The summed E-state index contributed by atoms with van der Waals surface area (Å²) in [5.41, 5.74) is 6.79. The summed E-state index contributed by atoms with van der Waals surface area (Å²) >= 11 is 6.98. The lowest BCUT2D eigenvalue weighted by Gasteiger charge is -2.08. The number of tetrazole rings is 1. The van der Waals surface area contributed by atoms with Gasteiger partial charge in [-0.05, 0) is 35.0 Å². The van der Waals surface area contributed by atoms with Gasteiger partial charge in [-0.3, -0.25) is 25.2 Å². The normalized spacial score (nSPS) is 10.6. The maximum absolute atomic E-state index is 12.3. The van der Waals surface area contributed by atoms with Gasteiger partial charge in [-0.1, -0.05) is 54.1 Å². The van der Waals surface area contributed by atoms with E-state index in [4.69, 9.17) is 11.6 Å². The largest absolute Gasteiger partial charge is 0.293 e. The summed E-state index contributed by atoms with van der Waals surface area (Å²) in [7, 11) is 0. The van der Waals surface area contributed by atoms with Crippen LogP contribution in [0.5, 0.6) is 0 Å². The van der Waals surface area contributed by atoms with Crippen molar-refractivity contribution in [3.8, 4) is 11.4 Å². The minimum absolute atomic E-state index is 0.0234. The number of amides is 2. The van der Waals surface area contributed by atoms with Crippen LogP contribution in [0.3, 0.4) is 0 Å². The smallest absolute Gasteiger partial charge is 0.269 e. The molecule has 0 unspecified atom stereocenters. The van der Waals surface area contributed by atoms with Gasteiger partial charge in [-0.2, -0.15) is 4.80 Å². The number of hydrogen-bond donors (Lipinski definition) is 2. The second-order valence-electron chi connectivity index (χ2n) is 7.24. The van der Waals surface area contributed by atoms with Gasteiger partial charge in [0.05, 0.1) is 15.8 Å². The molecule has 0 aliphatic heterocycles. The van der Waals surface area contributed by atoms with Gasteiger partial charge >= 0.3 is 0 Å².